The van der Waals surface area contributed by atoms with E-state index < -0.39 is 0 Å². The number of halogens is 1. The van der Waals surface area contributed by atoms with Crippen molar-refractivity contribution in [1.82, 2.24) is 14.9 Å². The van der Waals surface area contributed by atoms with E-state index in [4.69, 9.17) is 0 Å². The Morgan fingerprint density at radius 1 is 1.43 bits per heavy atom. The molecule has 122 valence electrons. The molecule has 1 N–H and O–H groups in total. The van der Waals surface area contributed by atoms with Gasteiger partial charge in [0.25, 0.3) is 0 Å². The lowest BCUT2D eigenvalue weighted by Crippen LogP contribution is -2.37. The summed E-state index contributed by atoms with van der Waals surface area (Å²) in [4.78, 5) is 16.6. The first-order valence-corrected chi connectivity index (χ1v) is 8.78. The minimum atomic E-state index is -0.292. The Labute approximate surface area is 139 Å². The van der Waals surface area contributed by atoms with Crippen LogP contribution in [0.3, 0.4) is 0 Å². The first-order chi connectivity index (χ1) is 11.1. The van der Waals surface area contributed by atoms with Crippen molar-refractivity contribution in [2.45, 2.75) is 49.1 Å². The summed E-state index contributed by atoms with van der Waals surface area (Å²) in [5, 5.41) is 3.54. The number of hydrogen-bond acceptors (Lipinski definition) is 3. The summed E-state index contributed by atoms with van der Waals surface area (Å²) in [6.07, 6.45) is 7.96. The van der Waals surface area contributed by atoms with Gasteiger partial charge in [0.05, 0.1) is 10.9 Å². The van der Waals surface area contributed by atoms with E-state index in [-0.39, 0.29) is 17.0 Å². The van der Waals surface area contributed by atoms with Gasteiger partial charge in [0.1, 0.15) is 5.82 Å². The molecule has 0 radical (unpaired) electrons. The smallest absolute Gasteiger partial charge is 0.233 e. The Bertz CT molecular complexity index is 682. The standard InChI is InChI=1S/C17H20FN3OS/c1-12(16(22)20-14-6-2-3-7-14)23-17-19-9-10-21(17)15-8-4-5-13(18)11-15/h4-5,8-12,14H,2-3,6-7H2,1H3,(H,20,22). The fraction of sp³-hybridized carbons (Fsp3) is 0.412. The van der Waals surface area contributed by atoms with Crippen LogP contribution in [0.1, 0.15) is 32.6 Å². The third-order valence-corrected chi connectivity index (χ3v) is 5.13. The van der Waals surface area contributed by atoms with Crippen LogP contribution in [0.15, 0.2) is 41.8 Å². The summed E-state index contributed by atoms with van der Waals surface area (Å²) in [7, 11) is 0. The van der Waals surface area contributed by atoms with Crippen LogP contribution in [-0.4, -0.2) is 26.8 Å². The van der Waals surface area contributed by atoms with Gasteiger partial charge in [-0.05, 0) is 38.0 Å². The van der Waals surface area contributed by atoms with E-state index in [0.29, 0.717) is 16.9 Å². The molecule has 1 aliphatic rings. The highest BCUT2D eigenvalue weighted by molar-refractivity contribution is 8.00. The molecule has 1 atom stereocenters. The fourth-order valence-electron chi connectivity index (χ4n) is 2.80. The maximum absolute atomic E-state index is 13.4. The van der Waals surface area contributed by atoms with E-state index in [1.807, 2.05) is 13.0 Å². The van der Waals surface area contributed by atoms with Gasteiger partial charge < -0.3 is 5.32 Å². The summed E-state index contributed by atoms with van der Waals surface area (Å²) in [6, 6.07) is 6.65. The molecule has 1 fully saturated rings. The number of thioether (sulfide) groups is 1. The average Bonchev–Trinajstić information content (AvgIpc) is 3.18. The summed E-state index contributed by atoms with van der Waals surface area (Å²) >= 11 is 1.39. The SMILES string of the molecule is CC(Sc1nccn1-c1cccc(F)c1)C(=O)NC1CCCC1. The monoisotopic (exact) mass is 333 g/mol. The van der Waals surface area contributed by atoms with Crippen molar-refractivity contribution in [2.75, 3.05) is 0 Å². The maximum Gasteiger partial charge on any atom is 0.233 e. The number of aromatic nitrogens is 2. The number of carbonyl (C=O) groups excluding carboxylic acids is 1. The van der Waals surface area contributed by atoms with E-state index in [2.05, 4.69) is 10.3 Å². The second-order valence-electron chi connectivity index (χ2n) is 5.81. The van der Waals surface area contributed by atoms with Crippen LogP contribution in [0.4, 0.5) is 4.39 Å². The van der Waals surface area contributed by atoms with Crippen molar-refractivity contribution in [3.05, 3.63) is 42.5 Å². The number of amides is 1. The van der Waals surface area contributed by atoms with E-state index in [9.17, 15) is 9.18 Å². The summed E-state index contributed by atoms with van der Waals surface area (Å²) in [5.41, 5.74) is 0.702. The van der Waals surface area contributed by atoms with Gasteiger partial charge in [-0.2, -0.15) is 0 Å². The Morgan fingerprint density at radius 2 is 2.22 bits per heavy atom. The van der Waals surface area contributed by atoms with Crippen LogP contribution in [0.2, 0.25) is 0 Å². The van der Waals surface area contributed by atoms with Gasteiger partial charge in [-0.25, -0.2) is 9.37 Å². The minimum absolute atomic E-state index is 0.0377. The second kappa shape index (κ2) is 7.17. The Hall–Kier alpha value is -1.82. The number of rotatable bonds is 5. The lowest BCUT2D eigenvalue weighted by Gasteiger charge is -2.16. The molecule has 6 heteroatoms. The zero-order valence-corrected chi connectivity index (χ0v) is 13.9. The molecule has 23 heavy (non-hydrogen) atoms. The predicted octanol–water partition coefficient (Wildman–Crippen LogP) is 3.55. The highest BCUT2D eigenvalue weighted by Crippen LogP contribution is 2.26. The molecule has 0 spiro atoms. The van der Waals surface area contributed by atoms with Crippen LogP contribution in [0, 0.1) is 5.82 Å². The van der Waals surface area contributed by atoms with Crippen LogP contribution in [0.5, 0.6) is 0 Å². The van der Waals surface area contributed by atoms with E-state index in [1.165, 1.54) is 36.7 Å². The normalized spacial score (nSPS) is 16.4. The quantitative estimate of drug-likeness (QED) is 0.851. The van der Waals surface area contributed by atoms with Crippen LogP contribution in [-0.2, 0) is 4.79 Å². The molecule has 3 rings (SSSR count). The van der Waals surface area contributed by atoms with Crippen LogP contribution < -0.4 is 5.32 Å². The number of nitrogens with zero attached hydrogens (tertiary/aromatic N) is 2. The van der Waals surface area contributed by atoms with E-state index in [0.717, 1.165) is 12.8 Å². The van der Waals surface area contributed by atoms with Gasteiger partial charge in [-0.15, -0.1) is 0 Å². The summed E-state index contributed by atoms with van der Waals surface area (Å²) in [5.74, 6) is -0.255. The van der Waals surface area contributed by atoms with E-state index in [1.54, 1.807) is 23.0 Å². The summed E-state index contributed by atoms with van der Waals surface area (Å²) < 4.78 is 15.2. The molecular weight excluding hydrogens is 313 g/mol. The Kier molecular flexibility index (Phi) is 5.00. The van der Waals surface area contributed by atoms with Gasteiger partial charge >= 0.3 is 0 Å². The molecule has 1 unspecified atom stereocenters. The maximum atomic E-state index is 13.4. The van der Waals surface area contributed by atoms with Gasteiger partial charge in [0.2, 0.25) is 5.91 Å². The van der Waals surface area contributed by atoms with Crippen molar-refractivity contribution in [1.29, 1.82) is 0 Å². The van der Waals surface area contributed by atoms with Crippen molar-refractivity contribution < 1.29 is 9.18 Å². The molecular formula is C17H20FN3OS. The average molecular weight is 333 g/mol. The molecule has 1 amide bonds. The third kappa shape index (κ3) is 3.93. The van der Waals surface area contributed by atoms with Gasteiger partial charge in [-0.1, -0.05) is 30.7 Å². The molecule has 0 bridgehead atoms. The number of benzene rings is 1. The predicted molar refractivity (Wildman–Crippen MR) is 89.2 cm³/mol. The van der Waals surface area contributed by atoms with E-state index >= 15 is 0 Å². The lowest BCUT2D eigenvalue weighted by atomic mass is 10.2. The number of nitrogens with one attached hydrogen (secondary N) is 1. The Balaban J connectivity index is 1.68. The van der Waals surface area contributed by atoms with Crippen LogP contribution in [0.25, 0.3) is 5.69 Å². The first-order valence-electron chi connectivity index (χ1n) is 7.90. The van der Waals surface area contributed by atoms with Gasteiger partial charge in [-0.3, -0.25) is 9.36 Å². The first kappa shape index (κ1) is 16.1. The highest BCUT2D eigenvalue weighted by atomic mass is 32.2. The molecule has 1 saturated carbocycles. The van der Waals surface area contributed by atoms with Crippen LogP contribution >= 0.6 is 11.8 Å². The minimum Gasteiger partial charge on any atom is -0.352 e. The highest BCUT2D eigenvalue weighted by Gasteiger charge is 2.22. The topological polar surface area (TPSA) is 46.9 Å². The van der Waals surface area contributed by atoms with Crippen molar-refractivity contribution in [3.8, 4) is 5.69 Å². The molecule has 4 nitrogen and oxygen atoms in total. The van der Waals surface area contributed by atoms with Gasteiger partial charge in [0, 0.05) is 18.4 Å². The zero-order valence-electron chi connectivity index (χ0n) is 13.0. The number of hydrogen-bond donors (Lipinski definition) is 1. The zero-order chi connectivity index (χ0) is 16.2. The largest absolute Gasteiger partial charge is 0.352 e. The van der Waals surface area contributed by atoms with Crippen molar-refractivity contribution in [2.24, 2.45) is 0 Å². The fourth-order valence-corrected chi connectivity index (χ4v) is 3.69. The van der Waals surface area contributed by atoms with Crippen molar-refractivity contribution >= 4 is 17.7 Å². The van der Waals surface area contributed by atoms with Gasteiger partial charge in [0.15, 0.2) is 5.16 Å². The lowest BCUT2D eigenvalue weighted by molar-refractivity contribution is -0.120. The third-order valence-electron chi connectivity index (χ3n) is 4.05. The number of imidazole rings is 1. The Morgan fingerprint density at radius 3 is 2.96 bits per heavy atom. The van der Waals surface area contributed by atoms with Crippen molar-refractivity contribution in [3.63, 3.8) is 0 Å². The number of carbonyl (C=O) groups is 1. The molecule has 1 heterocycles. The molecule has 0 aliphatic heterocycles. The summed E-state index contributed by atoms with van der Waals surface area (Å²) in [6.45, 7) is 1.87. The molecule has 0 saturated heterocycles. The molecule has 1 aliphatic carbocycles. The molecule has 1 aromatic carbocycles. The molecule has 1 aromatic heterocycles. The molecule has 2 aromatic rings. The second-order valence-corrected chi connectivity index (χ2v) is 7.12.